The maximum atomic E-state index is 11.6. The first-order valence-electron chi connectivity index (χ1n) is 7.03. The Kier molecular flexibility index (Phi) is 3.77. The zero-order chi connectivity index (χ0) is 14.8. The highest BCUT2D eigenvalue weighted by Crippen LogP contribution is 2.14. The van der Waals surface area contributed by atoms with Crippen LogP contribution < -0.4 is 10.3 Å². The van der Waals surface area contributed by atoms with Crippen molar-refractivity contribution in [3.05, 3.63) is 63.2 Å². The maximum Gasteiger partial charge on any atom is 0.227 e. The average Bonchev–Trinajstić information content (AvgIpc) is 2.51. The first-order valence-corrected chi connectivity index (χ1v) is 7.03. The van der Waals surface area contributed by atoms with Crippen LogP contribution in [0.1, 0.15) is 22.6 Å². The van der Waals surface area contributed by atoms with Crippen molar-refractivity contribution in [2.45, 2.75) is 26.1 Å². The molecule has 3 N–H and O–H groups in total. The summed E-state index contributed by atoms with van der Waals surface area (Å²) < 4.78 is 5.41. The number of aliphatic hydroxyl groups excluding tert-OH is 1. The molecule has 3 rings (SSSR count). The fourth-order valence-corrected chi connectivity index (χ4v) is 2.81. The highest BCUT2D eigenvalue weighted by molar-refractivity contribution is 5.28. The van der Waals surface area contributed by atoms with Crippen LogP contribution in [-0.4, -0.2) is 16.8 Å². The van der Waals surface area contributed by atoms with E-state index in [0.717, 1.165) is 25.6 Å². The van der Waals surface area contributed by atoms with Gasteiger partial charge in [-0.3, -0.25) is 4.79 Å². The van der Waals surface area contributed by atoms with E-state index in [1.54, 1.807) is 0 Å². The SMILES string of the molecule is O=c1cc(CO)oc(C[NH+]2CCc3ccccc3C2)c1O. The second kappa shape index (κ2) is 5.71. The molecule has 1 unspecified atom stereocenters. The molecule has 2 heterocycles. The standard InChI is InChI=1S/C16H17NO4/c18-10-13-7-14(19)16(20)15(21-13)9-17-6-5-11-3-1-2-4-12(11)8-17/h1-4,7,18,20H,5-6,8-10H2/p+1. The molecule has 0 aliphatic carbocycles. The van der Waals surface area contributed by atoms with Gasteiger partial charge in [0.05, 0.1) is 6.54 Å². The number of hydrogen-bond acceptors (Lipinski definition) is 4. The monoisotopic (exact) mass is 288 g/mol. The van der Waals surface area contributed by atoms with Gasteiger partial charge in [0.25, 0.3) is 0 Å². The van der Waals surface area contributed by atoms with Crippen LogP contribution in [0.2, 0.25) is 0 Å². The second-order valence-corrected chi connectivity index (χ2v) is 5.38. The van der Waals surface area contributed by atoms with Crippen molar-refractivity contribution in [3.63, 3.8) is 0 Å². The Labute approximate surface area is 122 Å². The number of nitrogens with one attached hydrogen (secondary N) is 1. The van der Waals surface area contributed by atoms with E-state index < -0.39 is 5.43 Å². The van der Waals surface area contributed by atoms with Gasteiger partial charge in [0.1, 0.15) is 25.5 Å². The molecule has 0 saturated carbocycles. The van der Waals surface area contributed by atoms with Crippen molar-refractivity contribution in [1.29, 1.82) is 0 Å². The van der Waals surface area contributed by atoms with E-state index in [1.807, 2.05) is 12.1 Å². The van der Waals surface area contributed by atoms with E-state index in [4.69, 9.17) is 9.52 Å². The maximum absolute atomic E-state index is 11.6. The van der Waals surface area contributed by atoms with Gasteiger partial charge in [0, 0.05) is 18.1 Å². The molecular formula is C16H18NO4+. The summed E-state index contributed by atoms with van der Waals surface area (Å²) in [7, 11) is 0. The zero-order valence-corrected chi connectivity index (χ0v) is 11.6. The number of fused-ring (bicyclic) bond motifs is 1. The van der Waals surface area contributed by atoms with Crippen molar-refractivity contribution in [2.75, 3.05) is 6.54 Å². The smallest absolute Gasteiger partial charge is 0.227 e. The van der Waals surface area contributed by atoms with Gasteiger partial charge in [0.2, 0.25) is 16.9 Å². The van der Waals surface area contributed by atoms with Gasteiger partial charge in [0.15, 0.2) is 0 Å². The third-order valence-electron chi connectivity index (χ3n) is 3.92. The van der Waals surface area contributed by atoms with Crippen LogP contribution in [0, 0.1) is 0 Å². The average molecular weight is 288 g/mol. The van der Waals surface area contributed by atoms with Gasteiger partial charge in [-0.1, -0.05) is 24.3 Å². The largest absolute Gasteiger partial charge is 0.502 e. The normalized spacial score (nSPS) is 17.5. The number of hydrogen-bond donors (Lipinski definition) is 3. The van der Waals surface area contributed by atoms with Crippen molar-refractivity contribution >= 4 is 0 Å². The molecule has 0 fully saturated rings. The predicted octanol–water partition coefficient (Wildman–Crippen LogP) is -0.0211. The van der Waals surface area contributed by atoms with E-state index >= 15 is 0 Å². The van der Waals surface area contributed by atoms with Crippen molar-refractivity contribution in [1.82, 2.24) is 0 Å². The Bertz CT molecular complexity index is 708. The summed E-state index contributed by atoms with van der Waals surface area (Å²) in [5.74, 6) is 0.0871. The lowest BCUT2D eigenvalue weighted by Gasteiger charge is -2.25. The minimum absolute atomic E-state index is 0.185. The van der Waals surface area contributed by atoms with Crippen LogP contribution in [0.25, 0.3) is 0 Å². The van der Waals surface area contributed by atoms with Crippen LogP contribution in [0.5, 0.6) is 5.75 Å². The molecule has 21 heavy (non-hydrogen) atoms. The minimum Gasteiger partial charge on any atom is -0.502 e. The molecule has 1 aromatic heterocycles. The number of rotatable bonds is 3. The lowest BCUT2D eigenvalue weighted by molar-refractivity contribution is -0.930. The molecule has 1 atom stereocenters. The van der Waals surface area contributed by atoms with Crippen molar-refractivity contribution in [3.8, 4) is 5.75 Å². The molecule has 1 aliphatic rings. The Morgan fingerprint density at radius 1 is 1.24 bits per heavy atom. The van der Waals surface area contributed by atoms with E-state index in [1.165, 1.54) is 16.0 Å². The molecule has 1 aromatic carbocycles. The summed E-state index contributed by atoms with van der Waals surface area (Å²) in [5, 5.41) is 18.9. The molecule has 0 spiro atoms. The van der Waals surface area contributed by atoms with Crippen LogP contribution in [-0.2, 0) is 26.1 Å². The fourth-order valence-electron chi connectivity index (χ4n) is 2.81. The summed E-state index contributed by atoms with van der Waals surface area (Å²) in [4.78, 5) is 12.9. The van der Waals surface area contributed by atoms with Gasteiger partial charge in [-0.05, 0) is 5.56 Å². The molecule has 0 saturated heterocycles. The highest BCUT2D eigenvalue weighted by Gasteiger charge is 2.22. The van der Waals surface area contributed by atoms with Gasteiger partial charge in [-0.2, -0.15) is 0 Å². The van der Waals surface area contributed by atoms with Crippen molar-refractivity contribution in [2.24, 2.45) is 0 Å². The number of aliphatic hydroxyl groups is 1. The molecule has 0 radical (unpaired) electrons. The fraction of sp³-hybridized carbons (Fsp3) is 0.312. The van der Waals surface area contributed by atoms with Crippen molar-refractivity contribution < 1.29 is 19.5 Å². The Morgan fingerprint density at radius 3 is 2.76 bits per heavy atom. The van der Waals surface area contributed by atoms with Crippen LogP contribution >= 0.6 is 0 Å². The highest BCUT2D eigenvalue weighted by atomic mass is 16.4. The second-order valence-electron chi connectivity index (χ2n) is 5.38. The van der Waals surface area contributed by atoms with Gasteiger partial charge in [-0.15, -0.1) is 0 Å². The van der Waals surface area contributed by atoms with Crippen LogP contribution in [0.4, 0.5) is 0 Å². The van der Waals surface area contributed by atoms with Gasteiger partial charge < -0.3 is 19.5 Å². The first kappa shape index (κ1) is 13.9. The topological polar surface area (TPSA) is 75.1 Å². The third-order valence-corrected chi connectivity index (χ3v) is 3.92. The van der Waals surface area contributed by atoms with E-state index in [9.17, 15) is 9.90 Å². The summed E-state index contributed by atoms with van der Waals surface area (Å²) in [6.45, 7) is 1.84. The van der Waals surface area contributed by atoms with Crippen LogP contribution in [0.15, 0.2) is 39.5 Å². The lowest BCUT2D eigenvalue weighted by Crippen LogP contribution is -3.10. The van der Waals surface area contributed by atoms with E-state index in [-0.39, 0.29) is 23.9 Å². The van der Waals surface area contributed by atoms with Gasteiger partial charge in [-0.25, -0.2) is 0 Å². The first-order chi connectivity index (χ1) is 10.2. The minimum atomic E-state index is -0.503. The Morgan fingerprint density at radius 2 is 2.00 bits per heavy atom. The van der Waals surface area contributed by atoms with Crippen LogP contribution in [0.3, 0.4) is 0 Å². The molecule has 1 aliphatic heterocycles. The number of quaternary nitrogens is 1. The molecule has 2 aromatic rings. The number of benzene rings is 1. The molecule has 5 nitrogen and oxygen atoms in total. The lowest BCUT2D eigenvalue weighted by atomic mass is 10.00. The third kappa shape index (κ3) is 2.84. The number of aromatic hydroxyl groups is 1. The Balaban J connectivity index is 1.82. The summed E-state index contributed by atoms with van der Waals surface area (Å²) in [6.07, 6.45) is 0.968. The molecule has 110 valence electrons. The molecular weight excluding hydrogens is 270 g/mol. The summed E-state index contributed by atoms with van der Waals surface area (Å²) in [5.41, 5.74) is 2.15. The Hall–Kier alpha value is -2.11. The molecule has 0 amide bonds. The summed E-state index contributed by atoms with van der Waals surface area (Å²) in [6, 6.07) is 9.43. The zero-order valence-electron chi connectivity index (χ0n) is 11.6. The molecule has 0 bridgehead atoms. The van der Waals surface area contributed by atoms with E-state index in [0.29, 0.717) is 6.54 Å². The molecule has 5 heteroatoms. The quantitative estimate of drug-likeness (QED) is 0.742. The summed E-state index contributed by atoms with van der Waals surface area (Å²) >= 11 is 0. The predicted molar refractivity (Wildman–Crippen MR) is 75.9 cm³/mol. The van der Waals surface area contributed by atoms with E-state index in [2.05, 4.69) is 12.1 Å². The van der Waals surface area contributed by atoms with Gasteiger partial charge >= 0.3 is 0 Å².